The molecule has 32 heavy (non-hydrogen) atoms. The van der Waals surface area contributed by atoms with Gasteiger partial charge in [-0.05, 0) is 63.0 Å². The minimum Gasteiger partial charge on any atom is -0.494 e. The van der Waals surface area contributed by atoms with Crippen molar-refractivity contribution in [1.29, 1.82) is 0 Å². The highest BCUT2D eigenvalue weighted by atomic mass is 32.1. The van der Waals surface area contributed by atoms with Crippen LogP contribution in [0.15, 0.2) is 34.2 Å². The number of hydrogen-bond acceptors (Lipinski definition) is 8. The van der Waals surface area contributed by atoms with E-state index in [0.29, 0.717) is 29.9 Å². The number of benzene rings is 1. The monoisotopic (exact) mass is 455 g/mol. The average Bonchev–Trinajstić information content (AvgIpc) is 3.44. The number of aromatic nitrogens is 3. The Labute approximate surface area is 192 Å². The lowest BCUT2D eigenvalue weighted by atomic mass is 9.99. The zero-order chi connectivity index (χ0) is 22.3. The van der Waals surface area contributed by atoms with Gasteiger partial charge in [0.1, 0.15) is 5.75 Å². The number of anilines is 1. The molecule has 3 heterocycles. The van der Waals surface area contributed by atoms with Gasteiger partial charge in [0.25, 0.3) is 0 Å². The summed E-state index contributed by atoms with van der Waals surface area (Å²) >= 11 is 1.46. The highest BCUT2D eigenvalue weighted by molar-refractivity contribution is 7.13. The summed E-state index contributed by atoms with van der Waals surface area (Å²) in [6.07, 6.45) is 3.11. The summed E-state index contributed by atoms with van der Waals surface area (Å²) < 4.78 is 10.7. The molecule has 1 saturated heterocycles. The predicted octanol–water partition coefficient (Wildman–Crippen LogP) is 4.40. The molecule has 8 nitrogen and oxygen atoms in total. The summed E-state index contributed by atoms with van der Waals surface area (Å²) in [4.78, 5) is 23.7. The maximum atomic E-state index is 12.3. The Bertz CT molecular complexity index is 1010. The van der Waals surface area contributed by atoms with E-state index in [0.717, 1.165) is 42.6 Å². The van der Waals surface area contributed by atoms with E-state index in [-0.39, 0.29) is 12.3 Å². The fraction of sp³-hybridized carbons (Fsp3) is 0.478. The summed E-state index contributed by atoms with van der Waals surface area (Å²) in [5.41, 5.74) is 1.85. The largest absolute Gasteiger partial charge is 0.494 e. The van der Waals surface area contributed by atoms with Crippen molar-refractivity contribution in [3.63, 3.8) is 0 Å². The van der Waals surface area contributed by atoms with Crippen molar-refractivity contribution in [2.24, 2.45) is 5.92 Å². The molecule has 0 aliphatic carbocycles. The normalized spacial score (nSPS) is 15.1. The van der Waals surface area contributed by atoms with Gasteiger partial charge in [-0.1, -0.05) is 12.1 Å². The van der Waals surface area contributed by atoms with Crippen LogP contribution in [-0.4, -0.2) is 45.6 Å². The Kier molecular flexibility index (Phi) is 7.49. The van der Waals surface area contributed by atoms with E-state index >= 15 is 0 Å². The van der Waals surface area contributed by atoms with E-state index in [1.54, 1.807) is 0 Å². The van der Waals surface area contributed by atoms with Crippen LogP contribution in [0.25, 0.3) is 11.4 Å². The van der Waals surface area contributed by atoms with Gasteiger partial charge in [0, 0.05) is 30.3 Å². The highest BCUT2D eigenvalue weighted by Gasteiger charge is 2.17. The Morgan fingerprint density at radius 1 is 1.25 bits per heavy atom. The van der Waals surface area contributed by atoms with Crippen molar-refractivity contribution in [2.45, 2.75) is 46.1 Å². The van der Waals surface area contributed by atoms with Gasteiger partial charge < -0.3 is 14.6 Å². The molecule has 1 aliphatic heterocycles. The summed E-state index contributed by atoms with van der Waals surface area (Å²) in [5, 5.41) is 9.55. The minimum absolute atomic E-state index is 0.112. The second kappa shape index (κ2) is 10.7. The number of nitrogens with zero attached hydrogens (tertiary/aromatic N) is 4. The lowest BCUT2D eigenvalue weighted by molar-refractivity contribution is -0.116. The molecule has 4 rings (SSSR count). The summed E-state index contributed by atoms with van der Waals surface area (Å²) in [7, 11) is 0. The van der Waals surface area contributed by atoms with Crippen molar-refractivity contribution in [2.75, 3.05) is 25.0 Å². The van der Waals surface area contributed by atoms with Crippen LogP contribution in [0.3, 0.4) is 0 Å². The summed E-state index contributed by atoms with van der Waals surface area (Å²) in [5.74, 6) is 2.43. The van der Waals surface area contributed by atoms with Gasteiger partial charge in [0.05, 0.1) is 12.3 Å². The highest BCUT2D eigenvalue weighted by Crippen LogP contribution is 2.22. The molecule has 9 heteroatoms. The number of nitrogens with one attached hydrogen (secondary N) is 1. The maximum absolute atomic E-state index is 12.3. The quantitative estimate of drug-likeness (QED) is 0.511. The third-order valence-electron chi connectivity index (χ3n) is 5.52. The van der Waals surface area contributed by atoms with Crippen LogP contribution >= 0.6 is 11.3 Å². The summed E-state index contributed by atoms with van der Waals surface area (Å²) in [6, 6.07) is 7.51. The Morgan fingerprint density at radius 3 is 2.78 bits per heavy atom. The lowest BCUT2D eigenvalue weighted by Gasteiger charge is -2.29. The Balaban J connectivity index is 1.23. The molecule has 0 atom stereocenters. The number of rotatable bonds is 9. The van der Waals surface area contributed by atoms with Gasteiger partial charge in [0.2, 0.25) is 17.6 Å². The Morgan fingerprint density at radius 2 is 2.03 bits per heavy atom. The third-order valence-corrected chi connectivity index (χ3v) is 6.32. The Hall–Kier alpha value is -2.78. The molecule has 0 radical (unpaired) electrons. The molecule has 3 aromatic rings. The molecule has 170 valence electrons. The third kappa shape index (κ3) is 6.14. The number of piperidine rings is 1. The molecule has 0 saturated carbocycles. The van der Waals surface area contributed by atoms with E-state index < -0.39 is 0 Å². The van der Waals surface area contributed by atoms with Gasteiger partial charge in [-0.3, -0.25) is 9.69 Å². The topological polar surface area (TPSA) is 93.4 Å². The summed E-state index contributed by atoms with van der Waals surface area (Å²) in [6.45, 7) is 7.94. The molecule has 0 unspecified atom stereocenters. The van der Waals surface area contributed by atoms with Gasteiger partial charge in [-0.15, -0.1) is 11.3 Å². The zero-order valence-corrected chi connectivity index (χ0v) is 19.4. The standard InChI is InChI=1S/C23H29N5O3S/c1-3-30-19-6-4-17(5-7-19)22-26-21(31-27-22)9-8-20(29)25-23-24-18(15-32-23)14-28-12-10-16(2)11-13-28/h4-7,15-16H,3,8-14H2,1-2H3,(H,24,25,29). The molecule has 0 bridgehead atoms. The van der Waals surface area contributed by atoms with Crippen molar-refractivity contribution < 1.29 is 14.1 Å². The molecule has 1 aromatic carbocycles. The molecule has 1 aliphatic rings. The second-order valence-corrected chi connectivity index (χ2v) is 8.98. The number of likely N-dealkylation sites (tertiary alicyclic amines) is 1. The van der Waals surface area contributed by atoms with Gasteiger partial charge in [-0.25, -0.2) is 4.98 Å². The molecule has 1 N–H and O–H groups in total. The van der Waals surface area contributed by atoms with Crippen LogP contribution in [0.1, 0.15) is 44.7 Å². The zero-order valence-electron chi connectivity index (χ0n) is 18.5. The van der Waals surface area contributed by atoms with Crippen LogP contribution in [0, 0.1) is 5.92 Å². The number of carbonyl (C=O) groups is 1. The SMILES string of the molecule is CCOc1ccc(-c2noc(CCC(=O)Nc3nc(CN4CCC(C)CC4)cs3)n2)cc1. The van der Waals surface area contributed by atoms with Gasteiger partial charge in [-0.2, -0.15) is 4.98 Å². The molecule has 2 aromatic heterocycles. The van der Waals surface area contributed by atoms with Crippen LogP contribution in [0.5, 0.6) is 5.75 Å². The number of thiazole rings is 1. The number of aryl methyl sites for hydroxylation is 1. The average molecular weight is 456 g/mol. The van der Waals surface area contributed by atoms with Crippen LogP contribution in [0.4, 0.5) is 5.13 Å². The lowest BCUT2D eigenvalue weighted by Crippen LogP contribution is -2.32. The number of carbonyl (C=O) groups excluding carboxylic acids is 1. The molecular formula is C23H29N5O3S. The van der Waals surface area contributed by atoms with Crippen molar-refractivity contribution in [3.8, 4) is 17.1 Å². The number of hydrogen-bond donors (Lipinski definition) is 1. The van der Waals surface area contributed by atoms with E-state index in [1.807, 2.05) is 36.6 Å². The first-order valence-corrected chi connectivity index (χ1v) is 12.0. The molecule has 0 spiro atoms. The van der Waals surface area contributed by atoms with Gasteiger partial charge >= 0.3 is 0 Å². The van der Waals surface area contributed by atoms with Crippen LogP contribution < -0.4 is 10.1 Å². The second-order valence-electron chi connectivity index (χ2n) is 8.12. The first kappa shape index (κ1) is 22.4. The van der Waals surface area contributed by atoms with Crippen molar-refractivity contribution >= 4 is 22.4 Å². The van der Waals surface area contributed by atoms with Gasteiger partial charge in [0.15, 0.2) is 5.13 Å². The van der Waals surface area contributed by atoms with E-state index in [4.69, 9.17) is 9.26 Å². The van der Waals surface area contributed by atoms with Crippen LogP contribution in [-0.2, 0) is 17.8 Å². The molecule has 1 fully saturated rings. The maximum Gasteiger partial charge on any atom is 0.227 e. The number of amides is 1. The first-order chi connectivity index (χ1) is 15.6. The van der Waals surface area contributed by atoms with E-state index in [9.17, 15) is 4.79 Å². The van der Waals surface area contributed by atoms with Crippen LogP contribution in [0.2, 0.25) is 0 Å². The number of ether oxygens (including phenoxy) is 1. The van der Waals surface area contributed by atoms with Crippen molar-refractivity contribution in [1.82, 2.24) is 20.0 Å². The van der Waals surface area contributed by atoms with E-state index in [2.05, 4.69) is 32.3 Å². The fourth-order valence-corrected chi connectivity index (χ4v) is 4.35. The predicted molar refractivity (Wildman–Crippen MR) is 124 cm³/mol. The van der Waals surface area contributed by atoms with E-state index in [1.165, 1.54) is 24.2 Å². The minimum atomic E-state index is -0.112. The molecule has 1 amide bonds. The smallest absolute Gasteiger partial charge is 0.227 e. The van der Waals surface area contributed by atoms with Crippen molar-refractivity contribution in [3.05, 3.63) is 41.2 Å². The fourth-order valence-electron chi connectivity index (χ4n) is 3.63. The first-order valence-electron chi connectivity index (χ1n) is 11.1. The molecular weight excluding hydrogens is 426 g/mol.